The van der Waals surface area contributed by atoms with Crippen LogP contribution in [0.25, 0.3) is 11.1 Å². The lowest BCUT2D eigenvalue weighted by Crippen LogP contribution is -2.54. The summed E-state index contributed by atoms with van der Waals surface area (Å²) in [6.07, 6.45) is 0.620. The highest BCUT2D eigenvalue weighted by atomic mass is 32.2. The third-order valence-corrected chi connectivity index (χ3v) is 8.00. The van der Waals surface area contributed by atoms with Crippen LogP contribution in [0.4, 0.5) is 24.4 Å². The zero-order valence-electron chi connectivity index (χ0n) is 17.2. The van der Waals surface area contributed by atoms with Gasteiger partial charge in [0.25, 0.3) is 0 Å². The minimum absolute atomic E-state index is 0.0769. The Bertz CT molecular complexity index is 1290. The molecule has 11 heteroatoms. The number of anilines is 2. The maximum absolute atomic E-state index is 14.1. The van der Waals surface area contributed by atoms with E-state index in [1.165, 1.54) is 11.8 Å². The fourth-order valence-electron chi connectivity index (χ4n) is 3.67. The molecule has 0 spiro atoms. The molecule has 2 amide bonds. The largest absolute Gasteiger partial charge is 0.331 e. The number of halogens is 2. The summed E-state index contributed by atoms with van der Waals surface area (Å²) in [6, 6.07) is 9.33. The molecule has 1 atom stereocenters. The van der Waals surface area contributed by atoms with Crippen LogP contribution in [0.5, 0.6) is 0 Å². The van der Waals surface area contributed by atoms with Crippen molar-refractivity contribution >= 4 is 38.2 Å². The number of sulfonamides is 1. The summed E-state index contributed by atoms with van der Waals surface area (Å²) in [5.41, 5.74) is 1.43. The minimum Gasteiger partial charge on any atom is -0.291 e. The Morgan fingerprint density at radius 3 is 2.47 bits per heavy atom. The highest BCUT2D eigenvalue weighted by Gasteiger charge is 2.35. The van der Waals surface area contributed by atoms with E-state index in [1.807, 2.05) is 6.92 Å². The van der Waals surface area contributed by atoms with Crippen molar-refractivity contribution in [3.05, 3.63) is 59.8 Å². The number of nitrogens with two attached hydrogens (primary N) is 1. The van der Waals surface area contributed by atoms with E-state index in [-0.39, 0.29) is 32.7 Å². The molecule has 1 aromatic heterocycles. The number of nitrogens with zero attached hydrogens (tertiary/aromatic N) is 3. The highest BCUT2D eigenvalue weighted by molar-refractivity contribution is 7.91. The lowest BCUT2D eigenvalue weighted by atomic mass is 10.0. The zero-order chi connectivity index (χ0) is 23.2. The normalized spacial score (nSPS) is 17.2. The second kappa shape index (κ2) is 8.23. The fourth-order valence-corrected chi connectivity index (χ4v) is 5.64. The summed E-state index contributed by atoms with van der Waals surface area (Å²) in [6.45, 7) is 3.80. The van der Waals surface area contributed by atoms with Crippen LogP contribution in [0.1, 0.15) is 19.0 Å². The van der Waals surface area contributed by atoms with Gasteiger partial charge >= 0.3 is 6.03 Å². The summed E-state index contributed by atoms with van der Waals surface area (Å²) >= 11 is 0.855. The van der Waals surface area contributed by atoms with Crippen molar-refractivity contribution in [3.63, 3.8) is 0 Å². The number of aromatic nitrogens is 1. The number of primary sulfonamides is 1. The highest BCUT2D eigenvalue weighted by Crippen LogP contribution is 2.34. The van der Waals surface area contributed by atoms with Gasteiger partial charge in [-0.05, 0) is 56.2 Å². The maximum atomic E-state index is 14.1. The van der Waals surface area contributed by atoms with Crippen LogP contribution in [0.3, 0.4) is 0 Å². The van der Waals surface area contributed by atoms with E-state index in [0.717, 1.165) is 29.5 Å². The molecular weight excluding hydrogens is 458 g/mol. The summed E-state index contributed by atoms with van der Waals surface area (Å²) in [7, 11) is -3.94. The number of hydrogen-bond acceptors (Lipinski definition) is 5. The third-order valence-electron chi connectivity index (χ3n) is 5.27. The van der Waals surface area contributed by atoms with Crippen LogP contribution in [0.15, 0.2) is 46.7 Å². The smallest absolute Gasteiger partial charge is 0.291 e. The Kier molecular flexibility index (Phi) is 5.74. The molecule has 0 saturated carbocycles. The monoisotopic (exact) mass is 478 g/mol. The van der Waals surface area contributed by atoms with Crippen molar-refractivity contribution in [1.82, 2.24) is 4.98 Å². The Balaban J connectivity index is 1.65. The molecule has 3 aromatic rings. The molecule has 0 unspecified atom stereocenters. The lowest BCUT2D eigenvalue weighted by Gasteiger charge is -2.39. The van der Waals surface area contributed by atoms with Crippen molar-refractivity contribution in [1.29, 1.82) is 0 Å². The second-order valence-electron chi connectivity index (χ2n) is 7.53. The van der Waals surface area contributed by atoms with E-state index < -0.39 is 21.7 Å². The number of amides is 2. The minimum atomic E-state index is -3.94. The van der Waals surface area contributed by atoms with E-state index >= 15 is 0 Å². The lowest BCUT2D eigenvalue weighted by molar-refractivity contribution is 0.245. The van der Waals surface area contributed by atoms with Crippen LogP contribution >= 0.6 is 11.3 Å². The summed E-state index contributed by atoms with van der Waals surface area (Å²) < 4.78 is 51.1. The number of thiazole rings is 1. The molecule has 32 heavy (non-hydrogen) atoms. The van der Waals surface area contributed by atoms with Crippen LogP contribution in [-0.4, -0.2) is 32.0 Å². The number of urea groups is 1. The average Bonchev–Trinajstić information content (AvgIpc) is 3.12. The number of hydrogen-bond donors (Lipinski definition) is 1. The van der Waals surface area contributed by atoms with Crippen LogP contribution in [0.2, 0.25) is 0 Å². The quantitative estimate of drug-likeness (QED) is 0.606. The molecule has 2 aromatic carbocycles. The maximum Gasteiger partial charge on any atom is 0.331 e. The first-order chi connectivity index (χ1) is 15.1. The SMILES string of the molecule is Cc1nc(N2CC[C@@H](C)N(c3ccc(-c4cc(F)ccc4F)cc3)C2=O)sc1S(N)(=O)=O. The number of aryl methyl sites for hydroxylation is 1. The topological polar surface area (TPSA) is 96.6 Å². The molecular formula is C21H20F2N4O3S2. The molecule has 2 N–H and O–H groups in total. The molecule has 1 saturated heterocycles. The summed E-state index contributed by atoms with van der Waals surface area (Å²) in [5, 5.41) is 5.49. The van der Waals surface area contributed by atoms with E-state index in [2.05, 4.69) is 4.98 Å². The van der Waals surface area contributed by atoms with Gasteiger partial charge in [-0.25, -0.2) is 32.1 Å². The Morgan fingerprint density at radius 2 is 1.84 bits per heavy atom. The van der Waals surface area contributed by atoms with Crippen LogP contribution < -0.4 is 14.9 Å². The number of carbonyl (C=O) groups is 1. The summed E-state index contributed by atoms with van der Waals surface area (Å²) in [4.78, 5) is 20.5. The Morgan fingerprint density at radius 1 is 1.16 bits per heavy atom. The van der Waals surface area contributed by atoms with Gasteiger partial charge in [0.1, 0.15) is 11.6 Å². The number of rotatable bonds is 4. The number of carbonyl (C=O) groups excluding carboxylic acids is 1. The third kappa shape index (κ3) is 4.10. The van der Waals surface area contributed by atoms with Gasteiger partial charge in [-0.3, -0.25) is 9.80 Å². The van der Waals surface area contributed by atoms with Gasteiger partial charge < -0.3 is 0 Å². The van der Waals surface area contributed by atoms with E-state index in [1.54, 1.807) is 29.2 Å². The first-order valence-corrected chi connectivity index (χ1v) is 12.1. The molecule has 168 valence electrons. The van der Waals surface area contributed by atoms with E-state index in [0.29, 0.717) is 24.2 Å². The van der Waals surface area contributed by atoms with Crippen LogP contribution in [0, 0.1) is 18.6 Å². The number of benzene rings is 2. The Labute approximate surface area is 188 Å². The fraction of sp³-hybridized carbons (Fsp3) is 0.238. The van der Waals surface area contributed by atoms with Crippen molar-refractivity contribution in [2.75, 3.05) is 16.3 Å². The van der Waals surface area contributed by atoms with Gasteiger partial charge in [-0.15, -0.1) is 0 Å². The first kappa shape index (κ1) is 22.3. The van der Waals surface area contributed by atoms with Crippen molar-refractivity contribution in [2.24, 2.45) is 5.14 Å². The van der Waals surface area contributed by atoms with Gasteiger partial charge in [0, 0.05) is 23.8 Å². The van der Waals surface area contributed by atoms with Gasteiger partial charge in [0.15, 0.2) is 9.34 Å². The van der Waals surface area contributed by atoms with Gasteiger partial charge in [-0.2, -0.15) is 0 Å². The van der Waals surface area contributed by atoms with Crippen LogP contribution in [-0.2, 0) is 10.0 Å². The summed E-state index contributed by atoms with van der Waals surface area (Å²) in [5.74, 6) is -1.09. The van der Waals surface area contributed by atoms with Gasteiger partial charge in [0.2, 0.25) is 10.0 Å². The van der Waals surface area contributed by atoms with Crippen molar-refractivity contribution < 1.29 is 22.0 Å². The first-order valence-electron chi connectivity index (χ1n) is 9.72. The molecule has 1 aliphatic heterocycles. The molecule has 0 aliphatic carbocycles. The average molecular weight is 479 g/mol. The molecule has 7 nitrogen and oxygen atoms in total. The van der Waals surface area contributed by atoms with Gasteiger partial charge in [-0.1, -0.05) is 23.5 Å². The Hall–Kier alpha value is -2.89. The van der Waals surface area contributed by atoms with E-state index in [4.69, 9.17) is 5.14 Å². The molecule has 1 aliphatic rings. The molecule has 2 heterocycles. The molecule has 0 bridgehead atoms. The molecule has 0 radical (unpaired) electrons. The standard InChI is InChI=1S/C21H20F2N4O3S2/c1-12-9-10-26(20-25-13(2)19(31-20)32(24,29)30)21(28)27(12)16-6-3-14(4-7-16)17-11-15(22)5-8-18(17)23/h3-8,11-12H,9-10H2,1-2H3,(H2,24,29,30)/t12-/m1/s1. The van der Waals surface area contributed by atoms with Gasteiger partial charge in [0.05, 0.1) is 5.69 Å². The predicted octanol–water partition coefficient (Wildman–Crippen LogP) is 4.27. The van der Waals surface area contributed by atoms with Crippen molar-refractivity contribution in [2.45, 2.75) is 30.5 Å². The van der Waals surface area contributed by atoms with E-state index in [9.17, 15) is 22.0 Å². The molecule has 4 rings (SSSR count). The van der Waals surface area contributed by atoms with Crippen molar-refractivity contribution in [3.8, 4) is 11.1 Å². The molecule has 1 fully saturated rings. The zero-order valence-corrected chi connectivity index (χ0v) is 18.9. The second-order valence-corrected chi connectivity index (χ2v) is 10.3. The predicted molar refractivity (Wildman–Crippen MR) is 119 cm³/mol.